The predicted molar refractivity (Wildman–Crippen MR) is 74.2 cm³/mol. The summed E-state index contributed by atoms with van der Waals surface area (Å²) in [6.45, 7) is 4.13. The van der Waals surface area contributed by atoms with E-state index < -0.39 is 0 Å². The summed E-state index contributed by atoms with van der Waals surface area (Å²) in [5, 5.41) is 1.40. The van der Waals surface area contributed by atoms with Gasteiger partial charge in [0.2, 0.25) is 0 Å². The van der Waals surface area contributed by atoms with Gasteiger partial charge in [0.05, 0.1) is 0 Å². The van der Waals surface area contributed by atoms with Crippen molar-refractivity contribution in [3.63, 3.8) is 0 Å². The fraction of sp³-hybridized carbons (Fsp3) is 0.467. The third kappa shape index (κ3) is 2.70. The molecule has 1 aromatic carbocycles. The number of aromatic nitrogens is 1. The van der Waals surface area contributed by atoms with E-state index in [2.05, 4.69) is 42.0 Å². The van der Waals surface area contributed by atoms with Gasteiger partial charge in [0.25, 0.3) is 0 Å². The molecule has 0 saturated carbocycles. The SMILES string of the molecule is CCCCn1cc(CCCN)c2ccccc21. The highest BCUT2D eigenvalue weighted by Crippen LogP contribution is 2.22. The van der Waals surface area contributed by atoms with E-state index in [1.165, 1.54) is 29.3 Å². The highest BCUT2D eigenvalue weighted by Gasteiger charge is 2.06. The molecule has 1 heterocycles. The average molecular weight is 230 g/mol. The van der Waals surface area contributed by atoms with Crippen LogP contribution in [0.3, 0.4) is 0 Å². The number of hydrogen-bond acceptors (Lipinski definition) is 1. The average Bonchev–Trinajstić information content (AvgIpc) is 2.72. The van der Waals surface area contributed by atoms with Crippen molar-refractivity contribution in [2.45, 2.75) is 39.2 Å². The van der Waals surface area contributed by atoms with E-state index in [1.54, 1.807) is 0 Å². The van der Waals surface area contributed by atoms with Gasteiger partial charge in [-0.1, -0.05) is 31.5 Å². The van der Waals surface area contributed by atoms with E-state index in [0.717, 1.165) is 25.9 Å². The van der Waals surface area contributed by atoms with Crippen molar-refractivity contribution in [2.24, 2.45) is 5.73 Å². The van der Waals surface area contributed by atoms with E-state index in [0.29, 0.717) is 0 Å². The quantitative estimate of drug-likeness (QED) is 0.810. The van der Waals surface area contributed by atoms with Crippen LogP contribution in [-0.2, 0) is 13.0 Å². The normalized spacial score (nSPS) is 11.2. The number of benzene rings is 1. The van der Waals surface area contributed by atoms with Crippen molar-refractivity contribution < 1.29 is 0 Å². The minimum atomic E-state index is 0.772. The summed E-state index contributed by atoms with van der Waals surface area (Å²) in [5.41, 5.74) is 8.42. The first-order valence-electron chi connectivity index (χ1n) is 6.63. The zero-order valence-corrected chi connectivity index (χ0v) is 10.7. The Bertz CT molecular complexity index is 429. The van der Waals surface area contributed by atoms with Gasteiger partial charge in [0.15, 0.2) is 0 Å². The lowest BCUT2D eigenvalue weighted by atomic mass is 10.1. The molecule has 0 saturated heterocycles. The molecule has 0 unspecified atom stereocenters. The Hall–Kier alpha value is -1.28. The molecule has 0 radical (unpaired) electrons. The summed E-state index contributed by atoms with van der Waals surface area (Å²) in [5.74, 6) is 0. The molecule has 2 nitrogen and oxygen atoms in total. The first-order chi connectivity index (χ1) is 8.36. The fourth-order valence-electron chi connectivity index (χ4n) is 2.33. The van der Waals surface area contributed by atoms with Gasteiger partial charge in [0.1, 0.15) is 0 Å². The van der Waals surface area contributed by atoms with E-state index in [1.807, 2.05) is 0 Å². The van der Waals surface area contributed by atoms with E-state index in [9.17, 15) is 0 Å². The minimum absolute atomic E-state index is 0.772. The van der Waals surface area contributed by atoms with Gasteiger partial charge in [-0.15, -0.1) is 0 Å². The molecule has 17 heavy (non-hydrogen) atoms. The Labute approximate surface area is 103 Å². The van der Waals surface area contributed by atoms with Crippen LogP contribution in [0.5, 0.6) is 0 Å². The van der Waals surface area contributed by atoms with Crippen molar-refractivity contribution in [1.82, 2.24) is 4.57 Å². The second kappa shape index (κ2) is 5.87. The third-order valence-corrected chi connectivity index (χ3v) is 3.27. The minimum Gasteiger partial charge on any atom is -0.347 e. The lowest BCUT2D eigenvalue weighted by Crippen LogP contribution is -2.00. The monoisotopic (exact) mass is 230 g/mol. The van der Waals surface area contributed by atoms with Gasteiger partial charge in [-0.05, 0) is 37.4 Å². The first kappa shape index (κ1) is 12.2. The second-order valence-corrected chi connectivity index (χ2v) is 4.61. The molecular weight excluding hydrogens is 208 g/mol. The van der Waals surface area contributed by atoms with Crippen LogP contribution in [0.1, 0.15) is 31.7 Å². The van der Waals surface area contributed by atoms with Gasteiger partial charge >= 0.3 is 0 Å². The number of para-hydroxylation sites is 1. The molecule has 0 bridgehead atoms. The number of rotatable bonds is 6. The van der Waals surface area contributed by atoms with Crippen LogP contribution in [0.25, 0.3) is 10.9 Å². The van der Waals surface area contributed by atoms with Crippen LogP contribution in [0.2, 0.25) is 0 Å². The summed E-state index contributed by atoms with van der Waals surface area (Å²) < 4.78 is 2.39. The van der Waals surface area contributed by atoms with Crippen molar-refractivity contribution in [1.29, 1.82) is 0 Å². The molecular formula is C15H22N2. The number of aryl methyl sites for hydroxylation is 2. The van der Waals surface area contributed by atoms with Crippen molar-refractivity contribution in [2.75, 3.05) is 6.54 Å². The van der Waals surface area contributed by atoms with E-state index in [4.69, 9.17) is 5.73 Å². The van der Waals surface area contributed by atoms with Crippen LogP contribution >= 0.6 is 0 Å². The summed E-state index contributed by atoms with van der Waals surface area (Å²) in [6.07, 6.45) is 6.97. The lowest BCUT2D eigenvalue weighted by Gasteiger charge is -2.02. The number of hydrogen-bond donors (Lipinski definition) is 1. The number of nitrogens with two attached hydrogens (primary N) is 1. The van der Waals surface area contributed by atoms with Crippen LogP contribution in [0.15, 0.2) is 30.5 Å². The first-order valence-corrected chi connectivity index (χ1v) is 6.63. The molecule has 0 aliphatic carbocycles. The number of unbranched alkanes of at least 4 members (excludes halogenated alkanes) is 1. The highest BCUT2D eigenvalue weighted by atomic mass is 15.0. The van der Waals surface area contributed by atoms with Crippen molar-refractivity contribution in [3.05, 3.63) is 36.0 Å². The van der Waals surface area contributed by atoms with E-state index in [-0.39, 0.29) is 0 Å². The molecule has 0 atom stereocenters. The molecule has 2 heteroatoms. The maximum absolute atomic E-state index is 5.60. The maximum atomic E-state index is 5.60. The summed E-state index contributed by atoms with van der Waals surface area (Å²) >= 11 is 0. The largest absolute Gasteiger partial charge is 0.347 e. The van der Waals surface area contributed by atoms with Crippen molar-refractivity contribution >= 4 is 10.9 Å². The smallest absolute Gasteiger partial charge is 0.0483 e. The summed E-state index contributed by atoms with van der Waals surface area (Å²) in [6, 6.07) is 8.69. The molecule has 0 amide bonds. The Morgan fingerprint density at radius 2 is 2.00 bits per heavy atom. The fourth-order valence-corrected chi connectivity index (χ4v) is 2.33. The van der Waals surface area contributed by atoms with Gasteiger partial charge < -0.3 is 10.3 Å². The predicted octanol–water partition coefficient (Wildman–Crippen LogP) is 3.33. The third-order valence-electron chi connectivity index (χ3n) is 3.27. The molecule has 0 fully saturated rings. The van der Waals surface area contributed by atoms with Crippen LogP contribution < -0.4 is 5.73 Å². The highest BCUT2D eigenvalue weighted by molar-refractivity contribution is 5.83. The molecule has 0 aliphatic rings. The van der Waals surface area contributed by atoms with Crippen LogP contribution in [-0.4, -0.2) is 11.1 Å². The maximum Gasteiger partial charge on any atom is 0.0483 e. The topological polar surface area (TPSA) is 30.9 Å². The molecule has 1 aromatic heterocycles. The molecule has 92 valence electrons. The zero-order valence-electron chi connectivity index (χ0n) is 10.7. The van der Waals surface area contributed by atoms with Gasteiger partial charge in [-0.3, -0.25) is 0 Å². The number of fused-ring (bicyclic) bond motifs is 1. The van der Waals surface area contributed by atoms with Crippen LogP contribution in [0, 0.1) is 0 Å². The molecule has 2 rings (SSSR count). The Balaban J connectivity index is 2.32. The van der Waals surface area contributed by atoms with Gasteiger partial charge in [-0.25, -0.2) is 0 Å². The Kier molecular flexibility index (Phi) is 4.21. The van der Waals surface area contributed by atoms with Gasteiger partial charge in [0, 0.05) is 23.6 Å². The lowest BCUT2D eigenvalue weighted by molar-refractivity contribution is 0.647. The van der Waals surface area contributed by atoms with E-state index >= 15 is 0 Å². The van der Waals surface area contributed by atoms with Gasteiger partial charge in [-0.2, -0.15) is 0 Å². The second-order valence-electron chi connectivity index (χ2n) is 4.61. The molecule has 0 spiro atoms. The van der Waals surface area contributed by atoms with Crippen molar-refractivity contribution in [3.8, 4) is 0 Å². The summed E-state index contributed by atoms with van der Waals surface area (Å²) in [7, 11) is 0. The number of nitrogens with zero attached hydrogens (tertiary/aromatic N) is 1. The van der Waals surface area contributed by atoms with Crippen LogP contribution in [0.4, 0.5) is 0 Å². The molecule has 2 N–H and O–H groups in total. The zero-order chi connectivity index (χ0) is 12.1. The molecule has 0 aliphatic heterocycles. The Morgan fingerprint density at radius 1 is 1.18 bits per heavy atom. The molecule has 2 aromatic rings. The Morgan fingerprint density at radius 3 is 2.76 bits per heavy atom. The standard InChI is InChI=1S/C15H22N2/c1-2-3-11-17-12-13(7-6-10-16)14-8-4-5-9-15(14)17/h4-5,8-9,12H,2-3,6-7,10-11,16H2,1H3. The summed E-state index contributed by atoms with van der Waals surface area (Å²) in [4.78, 5) is 0.